The van der Waals surface area contributed by atoms with Crippen LogP contribution < -0.4 is 5.56 Å². The number of hydrogen-bond donors (Lipinski definition) is 0. The lowest BCUT2D eigenvalue weighted by atomic mass is 9.97. The molecule has 4 aromatic rings. The number of hydrogen-bond acceptors (Lipinski definition) is 4. The molecule has 6 rings (SSSR count). The third-order valence-corrected chi connectivity index (χ3v) is 6.72. The number of nitrogens with zero attached hydrogens (tertiary/aromatic N) is 4. The van der Waals surface area contributed by atoms with Gasteiger partial charge in [0.25, 0.3) is 5.56 Å². The standard InChI is InChI=1S/C26H26N4O3/c1-26(2,3)33-25(32)30-16-8-10-20(30)24-18-6-4-5-7-19(18)29(21(24)14-16)17-9-11-22-27-13-12-23(31)28(22)15-17/h4-7,9,11-13,15-16,20H,8,10,14H2,1-3H3. The number of amides is 1. The predicted molar refractivity (Wildman–Crippen MR) is 126 cm³/mol. The molecule has 1 saturated heterocycles. The van der Waals surface area contributed by atoms with Crippen molar-refractivity contribution in [2.45, 2.75) is 57.7 Å². The Morgan fingerprint density at radius 1 is 1.09 bits per heavy atom. The number of carbonyl (C=O) groups is 1. The number of aromatic nitrogens is 3. The van der Waals surface area contributed by atoms with E-state index in [9.17, 15) is 9.59 Å². The van der Waals surface area contributed by atoms with Crippen molar-refractivity contribution in [2.75, 3.05) is 0 Å². The molecule has 2 atom stereocenters. The van der Waals surface area contributed by atoms with Gasteiger partial charge in [0, 0.05) is 47.6 Å². The number of para-hydroxylation sites is 1. The number of carbonyl (C=O) groups excluding carboxylic acids is 1. The first-order chi connectivity index (χ1) is 15.8. The van der Waals surface area contributed by atoms with Crippen LogP contribution in [0.5, 0.6) is 0 Å². The quantitative estimate of drug-likeness (QED) is 0.431. The summed E-state index contributed by atoms with van der Waals surface area (Å²) in [6.07, 6.45) is 5.78. The van der Waals surface area contributed by atoms with Gasteiger partial charge in [0.05, 0.1) is 17.2 Å². The Hall–Kier alpha value is -3.61. The lowest BCUT2D eigenvalue weighted by Crippen LogP contribution is -2.44. The Kier molecular flexibility index (Phi) is 4.21. The fraction of sp³-hybridized carbons (Fsp3) is 0.346. The molecule has 1 fully saturated rings. The Morgan fingerprint density at radius 3 is 2.73 bits per heavy atom. The van der Waals surface area contributed by atoms with Crippen molar-refractivity contribution in [1.82, 2.24) is 18.9 Å². The van der Waals surface area contributed by atoms with Crippen molar-refractivity contribution in [3.8, 4) is 5.69 Å². The molecule has 2 aliphatic rings. The summed E-state index contributed by atoms with van der Waals surface area (Å²) in [5, 5.41) is 1.14. The molecular weight excluding hydrogens is 416 g/mol. The van der Waals surface area contributed by atoms with Crippen LogP contribution in [0.15, 0.2) is 59.7 Å². The highest BCUT2D eigenvalue weighted by molar-refractivity contribution is 5.89. The van der Waals surface area contributed by atoms with Gasteiger partial charge in [-0.25, -0.2) is 9.78 Å². The summed E-state index contributed by atoms with van der Waals surface area (Å²) >= 11 is 0. The highest BCUT2D eigenvalue weighted by Gasteiger charge is 2.46. The second kappa shape index (κ2) is 6.94. The number of benzene rings is 1. The van der Waals surface area contributed by atoms with Crippen LogP contribution >= 0.6 is 0 Å². The van der Waals surface area contributed by atoms with E-state index >= 15 is 0 Å². The van der Waals surface area contributed by atoms with Gasteiger partial charge in [0.1, 0.15) is 11.2 Å². The minimum Gasteiger partial charge on any atom is -0.444 e. The SMILES string of the molecule is CC(C)(C)OC(=O)N1C2CCC1c1c(n(-c3ccc4nccc(=O)n4c3)c3ccccc13)C2. The zero-order valence-electron chi connectivity index (χ0n) is 19.0. The second-order valence-corrected chi connectivity index (χ2v) is 9.95. The maximum Gasteiger partial charge on any atom is 0.411 e. The van der Waals surface area contributed by atoms with Gasteiger partial charge in [-0.1, -0.05) is 18.2 Å². The molecule has 0 spiro atoms. The van der Waals surface area contributed by atoms with Crippen molar-refractivity contribution < 1.29 is 9.53 Å². The molecule has 0 saturated carbocycles. The van der Waals surface area contributed by atoms with Gasteiger partial charge in [-0.05, 0) is 51.8 Å². The molecule has 5 heterocycles. The first-order valence-electron chi connectivity index (χ1n) is 11.4. The fourth-order valence-electron chi connectivity index (χ4n) is 5.52. The number of pyridine rings is 1. The number of fused-ring (bicyclic) bond motifs is 7. The maximum atomic E-state index is 13.1. The molecule has 2 aliphatic heterocycles. The summed E-state index contributed by atoms with van der Waals surface area (Å²) in [6.45, 7) is 5.72. The molecule has 7 heteroatoms. The van der Waals surface area contributed by atoms with Crippen LogP contribution in [0, 0.1) is 0 Å². The third-order valence-electron chi connectivity index (χ3n) is 6.72. The van der Waals surface area contributed by atoms with E-state index in [1.165, 1.54) is 23.5 Å². The van der Waals surface area contributed by atoms with E-state index in [-0.39, 0.29) is 23.7 Å². The van der Waals surface area contributed by atoms with Crippen molar-refractivity contribution in [1.29, 1.82) is 0 Å². The monoisotopic (exact) mass is 442 g/mol. The summed E-state index contributed by atoms with van der Waals surface area (Å²) in [5.74, 6) is 0. The Morgan fingerprint density at radius 2 is 1.91 bits per heavy atom. The molecule has 1 amide bonds. The molecule has 7 nitrogen and oxygen atoms in total. The highest BCUT2D eigenvalue weighted by atomic mass is 16.6. The van der Waals surface area contributed by atoms with Gasteiger partial charge in [-0.15, -0.1) is 0 Å². The molecule has 168 valence electrons. The van der Waals surface area contributed by atoms with Gasteiger partial charge in [0.2, 0.25) is 0 Å². The number of rotatable bonds is 1. The summed E-state index contributed by atoms with van der Waals surface area (Å²) in [6, 6.07) is 13.8. The topological polar surface area (TPSA) is 68.8 Å². The maximum absolute atomic E-state index is 13.1. The zero-order valence-corrected chi connectivity index (χ0v) is 19.0. The van der Waals surface area contributed by atoms with E-state index in [1.807, 2.05) is 56.1 Å². The molecule has 0 aliphatic carbocycles. The van der Waals surface area contributed by atoms with Gasteiger partial charge < -0.3 is 9.30 Å². The summed E-state index contributed by atoms with van der Waals surface area (Å²) in [4.78, 5) is 31.8. The molecule has 33 heavy (non-hydrogen) atoms. The molecule has 0 N–H and O–H groups in total. The zero-order chi connectivity index (χ0) is 22.9. The lowest BCUT2D eigenvalue weighted by Gasteiger charge is -2.36. The smallest absolute Gasteiger partial charge is 0.411 e. The van der Waals surface area contributed by atoms with Gasteiger partial charge in [-0.3, -0.25) is 14.1 Å². The lowest BCUT2D eigenvalue weighted by molar-refractivity contribution is 0.0124. The van der Waals surface area contributed by atoms with Crippen LogP contribution in [-0.4, -0.2) is 36.6 Å². The van der Waals surface area contributed by atoms with Crippen LogP contribution in [0.2, 0.25) is 0 Å². The van der Waals surface area contributed by atoms with Crippen LogP contribution in [0.25, 0.3) is 22.2 Å². The van der Waals surface area contributed by atoms with E-state index in [0.29, 0.717) is 5.65 Å². The summed E-state index contributed by atoms with van der Waals surface area (Å²) in [7, 11) is 0. The average Bonchev–Trinajstić information content (AvgIpc) is 3.27. The van der Waals surface area contributed by atoms with E-state index in [1.54, 1.807) is 4.40 Å². The van der Waals surface area contributed by atoms with Crippen molar-refractivity contribution >= 4 is 22.6 Å². The van der Waals surface area contributed by atoms with Crippen LogP contribution in [-0.2, 0) is 11.2 Å². The first kappa shape index (κ1) is 20.0. The van der Waals surface area contributed by atoms with Crippen molar-refractivity contribution in [2.24, 2.45) is 0 Å². The second-order valence-electron chi connectivity index (χ2n) is 9.95. The van der Waals surface area contributed by atoms with Crippen LogP contribution in [0.1, 0.15) is 50.9 Å². The predicted octanol–water partition coefficient (Wildman–Crippen LogP) is 4.64. The minimum atomic E-state index is -0.531. The fourth-order valence-corrected chi connectivity index (χ4v) is 5.52. The Labute approximate surface area is 191 Å². The largest absolute Gasteiger partial charge is 0.444 e. The summed E-state index contributed by atoms with van der Waals surface area (Å²) in [5.41, 5.74) is 4.38. The first-order valence-corrected chi connectivity index (χ1v) is 11.4. The average molecular weight is 443 g/mol. The number of ether oxygens (including phenoxy) is 1. The molecule has 1 aromatic carbocycles. The van der Waals surface area contributed by atoms with Crippen LogP contribution in [0.3, 0.4) is 0 Å². The Balaban J connectivity index is 1.55. The van der Waals surface area contributed by atoms with Crippen molar-refractivity contribution in [3.05, 3.63) is 76.5 Å². The summed E-state index contributed by atoms with van der Waals surface area (Å²) < 4.78 is 9.61. The van der Waals surface area contributed by atoms with E-state index in [2.05, 4.69) is 21.7 Å². The Bertz CT molecular complexity index is 1480. The van der Waals surface area contributed by atoms with Gasteiger partial charge >= 0.3 is 6.09 Å². The van der Waals surface area contributed by atoms with E-state index in [0.717, 1.165) is 35.9 Å². The third kappa shape index (κ3) is 3.06. The highest BCUT2D eigenvalue weighted by Crippen LogP contribution is 2.48. The molecule has 3 aromatic heterocycles. The minimum absolute atomic E-state index is 0.00963. The molecular formula is C26H26N4O3. The normalized spacial score (nSPS) is 19.8. The van der Waals surface area contributed by atoms with E-state index in [4.69, 9.17) is 4.74 Å². The van der Waals surface area contributed by atoms with Crippen molar-refractivity contribution in [3.63, 3.8) is 0 Å². The van der Waals surface area contributed by atoms with Crippen LogP contribution in [0.4, 0.5) is 4.79 Å². The molecule has 2 bridgehead atoms. The van der Waals surface area contributed by atoms with E-state index < -0.39 is 5.60 Å². The molecule has 2 unspecified atom stereocenters. The molecule has 0 radical (unpaired) electrons. The van der Waals surface area contributed by atoms with Gasteiger partial charge in [-0.2, -0.15) is 0 Å². The van der Waals surface area contributed by atoms with Gasteiger partial charge in [0.15, 0.2) is 0 Å².